The number of hydrogen-bond acceptors (Lipinski definition) is 3. The van der Waals surface area contributed by atoms with Crippen LogP contribution in [0.15, 0.2) is 6.20 Å². The fraction of sp³-hybridized carbons (Fsp3) is 0.700. The number of aryl methyl sites for hydroxylation is 1. The van der Waals surface area contributed by atoms with Crippen molar-refractivity contribution < 1.29 is 5.11 Å². The number of likely N-dealkylation sites (N-methyl/N-ethyl adjacent to an activating group) is 1. The van der Waals surface area contributed by atoms with Gasteiger partial charge in [0.1, 0.15) is 0 Å². The van der Waals surface area contributed by atoms with Crippen molar-refractivity contribution in [2.24, 2.45) is 0 Å². The average Bonchev–Trinajstić information content (AvgIpc) is 2.46. The van der Waals surface area contributed by atoms with Gasteiger partial charge in [-0.1, -0.05) is 18.5 Å². The second kappa shape index (κ2) is 4.96. The molecule has 2 N–H and O–H groups in total. The number of halogens is 1. The molecule has 1 heterocycles. The highest BCUT2D eigenvalue weighted by Crippen LogP contribution is 2.14. The Kier molecular flexibility index (Phi) is 4.13. The molecular formula is C10H18ClN3O. The predicted octanol–water partition coefficient (Wildman–Crippen LogP) is 1.21. The third kappa shape index (κ3) is 3.19. The van der Waals surface area contributed by atoms with E-state index in [1.165, 1.54) is 0 Å². The summed E-state index contributed by atoms with van der Waals surface area (Å²) in [7, 11) is 0. The molecule has 0 aliphatic carbocycles. The minimum Gasteiger partial charge on any atom is -0.394 e. The Morgan fingerprint density at radius 3 is 2.73 bits per heavy atom. The van der Waals surface area contributed by atoms with Crippen molar-refractivity contribution in [3.8, 4) is 0 Å². The Morgan fingerprint density at radius 2 is 2.33 bits per heavy atom. The van der Waals surface area contributed by atoms with Crippen molar-refractivity contribution in [2.45, 2.75) is 32.9 Å². The van der Waals surface area contributed by atoms with E-state index in [2.05, 4.69) is 10.4 Å². The van der Waals surface area contributed by atoms with Crippen molar-refractivity contribution in [1.82, 2.24) is 15.1 Å². The highest BCUT2D eigenvalue weighted by atomic mass is 35.5. The Labute approximate surface area is 95.2 Å². The van der Waals surface area contributed by atoms with Gasteiger partial charge in [0, 0.05) is 6.20 Å². The van der Waals surface area contributed by atoms with E-state index in [9.17, 15) is 5.11 Å². The van der Waals surface area contributed by atoms with Crippen LogP contribution in [-0.2, 0) is 6.54 Å². The normalized spacial score (nSPS) is 15.3. The van der Waals surface area contributed by atoms with E-state index < -0.39 is 0 Å². The minimum atomic E-state index is -0.351. The van der Waals surface area contributed by atoms with Gasteiger partial charge < -0.3 is 10.4 Å². The van der Waals surface area contributed by atoms with E-state index in [-0.39, 0.29) is 12.1 Å². The maximum absolute atomic E-state index is 9.32. The molecule has 0 amide bonds. The summed E-state index contributed by atoms with van der Waals surface area (Å²) in [4.78, 5) is 0. The molecule has 0 saturated carbocycles. The third-order valence-electron chi connectivity index (χ3n) is 2.35. The molecule has 0 aliphatic rings. The van der Waals surface area contributed by atoms with Crippen LogP contribution in [0.4, 0.5) is 0 Å². The summed E-state index contributed by atoms with van der Waals surface area (Å²) in [6.45, 7) is 7.31. The smallest absolute Gasteiger partial charge is 0.0814 e. The maximum atomic E-state index is 9.32. The van der Waals surface area contributed by atoms with Gasteiger partial charge in [-0.3, -0.25) is 4.68 Å². The molecule has 0 bridgehead atoms. The summed E-state index contributed by atoms with van der Waals surface area (Å²) in [6.07, 6.45) is 1.78. The first-order valence-corrected chi connectivity index (χ1v) is 5.44. The summed E-state index contributed by atoms with van der Waals surface area (Å²) >= 11 is 5.91. The van der Waals surface area contributed by atoms with Gasteiger partial charge in [0.05, 0.1) is 29.4 Å². The fourth-order valence-electron chi connectivity index (χ4n) is 1.52. The van der Waals surface area contributed by atoms with E-state index >= 15 is 0 Å². The molecule has 1 aromatic heterocycles. The molecule has 86 valence electrons. The molecule has 0 radical (unpaired) electrons. The first-order valence-electron chi connectivity index (χ1n) is 5.06. The van der Waals surface area contributed by atoms with Crippen LogP contribution in [0.25, 0.3) is 0 Å². The Morgan fingerprint density at radius 1 is 1.67 bits per heavy atom. The molecule has 1 aromatic rings. The van der Waals surface area contributed by atoms with E-state index in [0.717, 1.165) is 12.2 Å². The van der Waals surface area contributed by atoms with E-state index in [1.807, 2.05) is 20.8 Å². The average molecular weight is 232 g/mol. The molecule has 1 unspecified atom stereocenters. The zero-order chi connectivity index (χ0) is 11.5. The van der Waals surface area contributed by atoms with Crippen LogP contribution >= 0.6 is 11.6 Å². The molecular weight excluding hydrogens is 214 g/mol. The zero-order valence-electron chi connectivity index (χ0n) is 9.42. The SMILES string of the molecule is CCNC(C)(CO)Cn1cc(Cl)c(C)n1. The van der Waals surface area contributed by atoms with Gasteiger partial charge in [-0.25, -0.2) is 0 Å². The summed E-state index contributed by atoms with van der Waals surface area (Å²) in [5.74, 6) is 0. The van der Waals surface area contributed by atoms with Crippen LogP contribution in [0.2, 0.25) is 5.02 Å². The Balaban J connectivity index is 2.74. The lowest BCUT2D eigenvalue weighted by Crippen LogP contribution is -2.49. The Hall–Kier alpha value is -0.580. The van der Waals surface area contributed by atoms with Crippen molar-refractivity contribution in [3.05, 3.63) is 16.9 Å². The van der Waals surface area contributed by atoms with Gasteiger partial charge in [-0.15, -0.1) is 0 Å². The molecule has 15 heavy (non-hydrogen) atoms. The van der Waals surface area contributed by atoms with Crippen molar-refractivity contribution >= 4 is 11.6 Å². The largest absolute Gasteiger partial charge is 0.394 e. The van der Waals surface area contributed by atoms with E-state index in [0.29, 0.717) is 11.6 Å². The monoisotopic (exact) mass is 231 g/mol. The van der Waals surface area contributed by atoms with Gasteiger partial charge in [-0.2, -0.15) is 5.10 Å². The van der Waals surface area contributed by atoms with Gasteiger partial charge >= 0.3 is 0 Å². The van der Waals surface area contributed by atoms with E-state index in [1.54, 1.807) is 10.9 Å². The highest BCUT2D eigenvalue weighted by molar-refractivity contribution is 6.31. The number of hydrogen-bond donors (Lipinski definition) is 2. The molecule has 5 heteroatoms. The van der Waals surface area contributed by atoms with Crippen molar-refractivity contribution in [1.29, 1.82) is 0 Å². The quantitative estimate of drug-likeness (QED) is 0.801. The number of aliphatic hydroxyl groups excluding tert-OH is 1. The number of nitrogens with one attached hydrogen (secondary N) is 1. The van der Waals surface area contributed by atoms with Gasteiger partial charge in [0.15, 0.2) is 0 Å². The third-order valence-corrected chi connectivity index (χ3v) is 2.72. The van der Waals surface area contributed by atoms with Crippen LogP contribution in [0, 0.1) is 6.92 Å². The number of nitrogens with zero attached hydrogens (tertiary/aromatic N) is 2. The lowest BCUT2D eigenvalue weighted by molar-refractivity contribution is 0.155. The highest BCUT2D eigenvalue weighted by Gasteiger charge is 2.23. The molecule has 0 saturated heterocycles. The van der Waals surface area contributed by atoms with Crippen molar-refractivity contribution in [2.75, 3.05) is 13.2 Å². The standard InChI is InChI=1S/C10H18ClN3O/c1-4-12-10(3,7-15)6-14-5-9(11)8(2)13-14/h5,12,15H,4,6-7H2,1-3H3. The lowest BCUT2D eigenvalue weighted by Gasteiger charge is -2.28. The molecule has 0 fully saturated rings. The summed E-state index contributed by atoms with van der Waals surface area (Å²) in [6, 6.07) is 0. The number of rotatable bonds is 5. The second-order valence-corrected chi connectivity index (χ2v) is 4.42. The minimum absolute atomic E-state index is 0.0668. The topological polar surface area (TPSA) is 50.1 Å². The second-order valence-electron chi connectivity index (χ2n) is 4.01. The molecule has 0 spiro atoms. The molecule has 0 aliphatic heterocycles. The lowest BCUT2D eigenvalue weighted by atomic mass is 10.0. The van der Waals surface area contributed by atoms with Crippen LogP contribution in [0.5, 0.6) is 0 Å². The van der Waals surface area contributed by atoms with Gasteiger partial charge in [0.2, 0.25) is 0 Å². The fourth-order valence-corrected chi connectivity index (χ4v) is 1.67. The van der Waals surface area contributed by atoms with Gasteiger partial charge in [0.25, 0.3) is 0 Å². The number of aromatic nitrogens is 2. The van der Waals surface area contributed by atoms with Crippen LogP contribution in [-0.4, -0.2) is 33.6 Å². The summed E-state index contributed by atoms with van der Waals surface area (Å²) in [5, 5.41) is 17.5. The maximum Gasteiger partial charge on any atom is 0.0814 e. The molecule has 0 aromatic carbocycles. The van der Waals surface area contributed by atoms with Crippen LogP contribution in [0.3, 0.4) is 0 Å². The van der Waals surface area contributed by atoms with Gasteiger partial charge in [-0.05, 0) is 20.4 Å². The first kappa shape index (κ1) is 12.5. The number of aliphatic hydroxyl groups is 1. The van der Waals surface area contributed by atoms with Crippen LogP contribution < -0.4 is 5.32 Å². The zero-order valence-corrected chi connectivity index (χ0v) is 10.2. The molecule has 1 rings (SSSR count). The van der Waals surface area contributed by atoms with Crippen LogP contribution in [0.1, 0.15) is 19.5 Å². The van der Waals surface area contributed by atoms with E-state index in [4.69, 9.17) is 11.6 Å². The summed E-state index contributed by atoms with van der Waals surface area (Å²) < 4.78 is 1.76. The molecule has 1 atom stereocenters. The first-order chi connectivity index (χ1) is 7.00. The van der Waals surface area contributed by atoms with Crippen molar-refractivity contribution in [3.63, 3.8) is 0 Å². The molecule has 4 nitrogen and oxygen atoms in total. The predicted molar refractivity (Wildman–Crippen MR) is 61.1 cm³/mol. The Bertz CT molecular complexity index is 307. The summed E-state index contributed by atoms with van der Waals surface area (Å²) in [5.41, 5.74) is 0.463.